The van der Waals surface area contributed by atoms with Crippen molar-refractivity contribution in [1.82, 2.24) is 9.71 Å². The maximum atomic E-state index is 12.7. The molecule has 0 bridgehead atoms. The molecular formula is C15H18N8O4S2. The Morgan fingerprint density at radius 1 is 1.10 bits per heavy atom. The maximum Gasteiger partial charge on any atom is 0.241 e. The zero-order chi connectivity index (χ0) is 21.2. The molecule has 2 heterocycles. The largest absolute Gasteiger partial charge is 0.383 e. The average Bonchev–Trinajstić information content (AvgIpc) is 3.19. The number of aliphatic imine (C=N–C) groups is 1. The van der Waals surface area contributed by atoms with E-state index in [1.807, 2.05) is 0 Å². The smallest absolute Gasteiger partial charge is 0.241 e. The minimum Gasteiger partial charge on any atom is -0.383 e. The van der Waals surface area contributed by atoms with E-state index in [0.29, 0.717) is 5.56 Å². The third-order valence-corrected chi connectivity index (χ3v) is 6.56. The quantitative estimate of drug-likeness (QED) is 0.440. The number of rotatable bonds is 7. The molecule has 0 spiro atoms. The Morgan fingerprint density at radius 2 is 1.86 bits per heavy atom. The molecule has 14 heteroatoms. The van der Waals surface area contributed by atoms with Gasteiger partial charge in [0.15, 0.2) is 12.5 Å². The van der Waals surface area contributed by atoms with Gasteiger partial charge in [-0.2, -0.15) is 5.11 Å². The number of anilines is 1. The molecule has 29 heavy (non-hydrogen) atoms. The molecule has 1 aliphatic rings. The second kappa shape index (κ2) is 7.92. The summed E-state index contributed by atoms with van der Waals surface area (Å²) in [7, 11) is -8.81. The Morgan fingerprint density at radius 3 is 2.45 bits per heavy atom. The molecule has 7 N–H and O–H groups in total. The summed E-state index contributed by atoms with van der Waals surface area (Å²) >= 11 is 0. The SMILES string of the molecule is NCCNS(=O)(=O)c1ccc(-c2cccnc2N)c(C2=NCN=N2)c1S(N)(=O)=O. The summed E-state index contributed by atoms with van der Waals surface area (Å²) in [5.41, 5.74) is 11.8. The van der Waals surface area contributed by atoms with E-state index in [9.17, 15) is 16.8 Å². The van der Waals surface area contributed by atoms with Crippen LogP contribution in [0.4, 0.5) is 5.82 Å². The predicted octanol–water partition coefficient (Wildman–Crippen LogP) is -0.615. The number of primary sulfonamides is 1. The molecule has 1 aromatic heterocycles. The van der Waals surface area contributed by atoms with Crippen LogP contribution in [0.25, 0.3) is 11.1 Å². The number of aromatic nitrogens is 1. The Hall–Kier alpha value is -2.78. The molecule has 1 aromatic carbocycles. The number of benzene rings is 1. The lowest BCUT2D eigenvalue weighted by Crippen LogP contribution is -2.31. The second-order valence-electron chi connectivity index (χ2n) is 5.85. The van der Waals surface area contributed by atoms with Crippen molar-refractivity contribution in [1.29, 1.82) is 0 Å². The van der Waals surface area contributed by atoms with Crippen LogP contribution >= 0.6 is 0 Å². The monoisotopic (exact) mass is 438 g/mol. The summed E-state index contributed by atoms with van der Waals surface area (Å²) in [5.74, 6) is 0.0182. The highest BCUT2D eigenvalue weighted by atomic mass is 32.2. The number of nitrogens with two attached hydrogens (primary N) is 3. The molecule has 0 unspecified atom stereocenters. The molecule has 12 nitrogen and oxygen atoms in total. The van der Waals surface area contributed by atoms with Crippen LogP contribution in [0.1, 0.15) is 5.56 Å². The van der Waals surface area contributed by atoms with Gasteiger partial charge < -0.3 is 11.5 Å². The first-order valence-corrected chi connectivity index (χ1v) is 11.2. The van der Waals surface area contributed by atoms with Crippen molar-refractivity contribution in [2.75, 3.05) is 25.5 Å². The molecule has 154 valence electrons. The minimum atomic E-state index is -4.55. The van der Waals surface area contributed by atoms with Crippen LogP contribution < -0.4 is 21.3 Å². The van der Waals surface area contributed by atoms with Crippen molar-refractivity contribution in [3.05, 3.63) is 36.0 Å². The van der Waals surface area contributed by atoms with Gasteiger partial charge in [-0.3, -0.25) is 0 Å². The molecule has 0 fully saturated rings. The second-order valence-corrected chi connectivity index (χ2v) is 9.08. The molecular weight excluding hydrogens is 420 g/mol. The van der Waals surface area contributed by atoms with Gasteiger partial charge in [0.25, 0.3) is 0 Å². The summed E-state index contributed by atoms with van der Waals surface area (Å²) in [6.07, 6.45) is 1.46. The molecule has 0 atom stereocenters. The fourth-order valence-corrected chi connectivity index (χ4v) is 5.43. The molecule has 0 saturated carbocycles. The van der Waals surface area contributed by atoms with E-state index < -0.39 is 29.8 Å². The first kappa shape index (κ1) is 20.9. The zero-order valence-corrected chi connectivity index (χ0v) is 16.6. The maximum absolute atomic E-state index is 12.7. The number of hydrogen-bond donors (Lipinski definition) is 4. The van der Waals surface area contributed by atoms with Crippen molar-refractivity contribution in [2.24, 2.45) is 26.1 Å². The lowest BCUT2D eigenvalue weighted by atomic mass is 9.99. The Labute approximate surface area is 167 Å². The molecule has 0 aliphatic carbocycles. The highest BCUT2D eigenvalue weighted by Crippen LogP contribution is 2.36. The van der Waals surface area contributed by atoms with Gasteiger partial charge in [-0.05, 0) is 23.8 Å². The average molecular weight is 438 g/mol. The topological polar surface area (TPSA) is 208 Å². The molecule has 0 radical (unpaired) electrons. The van der Waals surface area contributed by atoms with Crippen molar-refractivity contribution >= 4 is 31.7 Å². The number of amidine groups is 1. The lowest BCUT2D eigenvalue weighted by molar-refractivity contribution is 0.573. The number of nitrogens with zero attached hydrogens (tertiary/aromatic N) is 4. The van der Waals surface area contributed by atoms with Gasteiger partial charge in [-0.1, -0.05) is 6.07 Å². The summed E-state index contributed by atoms with van der Waals surface area (Å²) in [6.45, 7) is -0.120. The van der Waals surface area contributed by atoms with E-state index in [4.69, 9.17) is 16.6 Å². The van der Waals surface area contributed by atoms with Crippen LogP contribution in [0.3, 0.4) is 0 Å². The Kier molecular flexibility index (Phi) is 5.72. The van der Waals surface area contributed by atoms with Crippen LogP contribution in [0, 0.1) is 0 Å². The van der Waals surface area contributed by atoms with Gasteiger partial charge >= 0.3 is 0 Å². The van der Waals surface area contributed by atoms with Crippen molar-refractivity contribution in [3.63, 3.8) is 0 Å². The van der Waals surface area contributed by atoms with Crippen LogP contribution in [0.2, 0.25) is 0 Å². The van der Waals surface area contributed by atoms with Crippen LogP contribution in [-0.2, 0) is 20.0 Å². The number of hydrogen-bond acceptors (Lipinski definition) is 10. The Balaban J connectivity index is 2.43. The van der Waals surface area contributed by atoms with Crippen molar-refractivity contribution in [2.45, 2.75) is 9.79 Å². The number of sulfonamides is 2. The molecule has 0 saturated heterocycles. The fraction of sp³-hybridized carbons (Fsp3) is 0.200. The van der Waals surface area contributed by atoms with Gasteiger partial charge in [0.2, 0.25) is 20.0 Å². The highest BCUT2D eigenvalue weighted by molar-refractivity contribution is 7.92. The number of azo groups is 1. The first-order valence-electron chi connectivity index (χ1n) is 8.19. The van der Waals surface area contributed by atoms with E-state index in [2.05, 4.69) is 24.9 Å². The van der Waals surface area contributed by atoms with E-state index in [-0.39, 0.29) is 42.5 Å². The third kappa shape index (κ3) is 4.15. The van der Waals surface area contributed by atoms with Gasteiger partial charge in [0, 0.05) is 24.8 Å². The van der Waals surface area contributed by atoms with Gasteiger partial charge in [0.1, 0.15) is 15.6 Å². The molecule has 2 aromatic rings. The summed E-state index contributed by atoms with van der Waals surface area (Å²) in [6, 6.07) is 5.71. The van der Waals surface area contributed by atoms with E-state index in [1.54, 1.807) is 12.1 Å². The van der Waals surface area contributed by atoms with E-state index in [1.165, 1.54) is 12.3 Å². The molecule has 1 aliphatic heterocycles. The summed E-state index contributed by atoms with van der Waals surface area (Å²) in [5, 5.41) is 13.0. The lowest BCUT2D eigenvalue weighted by Gasteiger charge is -2.17. The summed E-state index contributed by atoms with van der Waals surface area (Å²) in [4.78, 5) is 6.81. The molecule has 3 rings (SSSR count). The van der Waals surface area contributed by atoms with Crippen LogP contribution in [0.15, 0.2) is 55.5 Å². The number of nitrogens with one attached hydrogen (secondary N) is 1. The number of pyridine rings is 1. The Bertz CT molecular complexity index is 1220. The first-order chi connectivity index (χ1) is 13.7. The zero-order valence-electron chi connectivity index (χ0n) is 15.0. The fourth-order valence-electron chi connectivity index (χ4n) is 2.78. The standard InChI is InChI=1S/C15H18N8O4S2/c16-5-7-22-29(26,27)11-4-3-9(10-2-1-6-19-14(10)17)12(13(11)28(18,24)25)15-20-8-21-23-15/h1-4,6,22H,5,7-8,16H2,(H2,17,19)(H2,18,24,25). The molecule has 0 amide bonds. The van der Waals surface area contributed by atoms with Crippen LogP contribution in [0.5, 0.6) is 0 Å². The highest BCUT2D eigenvalue weighted by Gasteiger charge is 2.32. The van der Waals surface area contributed by atoms with Gasteiger partial charge in [-0.15, -0.1) is 5.11 Å². The van der Waals surface area contributed by atoms with Crippen LogP contribution in [-0.4, -0.2) is 47.4 Å². The normalized spacial score (nSPS) is 14.2. The number of nitrogen functional groups attached to an aromatic ring is 1. The van der Waals surface area contributed by atoms with Crippen molar-refractivity contribution < 1.29 is 16.8 Å². The third-order valence-electron chi connectivity index (χ3n) is 3.93. The van der Waals surface area contributed by atoms with E-state index in [0.717, 1.165) is 6.07 Å². The van der Waals surface area contributed by atoms with Gasteiger partial charge in [-0.25, -0.2) is 36.7 Å². The predicted molar refractivity (Wildman–Crippen MR) is 106 cm³/mol. The van der Waals surface area contributed by atoms with Crippen molar-refractivity contribution in [3.8, 4) is 11.1 Å². The van der Waals surface area contributed by atoms with Gasteiger partial charge in [0.05, 0.1) is 5.56 Å². The van der Waals surface area contributed by atoms with E-state index >= 15 is 0 Å². The summed E-state index contributed by atoms with van der Waals surface area (Å²) < 4.78 is 52.7. The minimum absolute atomic E-state index is 0.0159.